The van der Waals surface area contributed by atoms with E-state index in [0.29, 0.717) is 17.4 Å². The maximum Gasteiger partial charge on any atom is 0.417 e. The summed E-state index contributed by atoms with van der Waals surface area (Å²) in [6.07, 6.45) is -7.05. The number of fused-ring (bicyclic) bond motifs is 2. The van der Waals surface area contributed by atoms with Crippen molar-refractivity contribution >= 4 is 29.0 Å². The lowest BCUT2D eigenvalue weighted by molar-refractivity contribution is -0.138. The number of nitrogens with one attached hydrogen (secondary N) is 2. The number of carbonyl (C=O) groups is 2. The Morgan fingerprint density at radius 2 is 1.77 bits per heavy atom. The Hall–Kier alpha value is -2.98. The van der Waals surface area contributed by atoms with E-state index in [1.165, 1.54) is 0 Å². The normalized spacial score (nSPS) is 25.4. The zero-order chi connectivity index (χ0) is 29.0. The molecule has 16 heteroatoms. The van der Waals surface area contributed by atoms with Crippen molar-refractivity contribution < 1.29 is 45.8 Å². The van der Waals surface area contributed by atoms with Crippen molar-refractivity contribution in [3.63, 3.8) is 0 Å². The van der Waals surface area contributed by atoms with Gasteiger partial charge in [-0.3, -0.25) is 9.59 Å². The molecule has 3 fully saturated rings. The van der Waals surface area contributed by atoms with Crippen LogP contribution in [0.5, 0.6) is 0 Å². The van der Waals surface area contributed by atoms with Gasteiger partial charge >= 0.3 is 12.4 Å². The minimum absolute atomic E-state index is 0.0104. The van der Waals surface area contributed by atoms with Gasteiger partial charge in [0, 0.05) is 23.8 Å². The van der Waals surface area contributed by atoms with Gasteiger partial charge < -0.3 is 25.4 Å². The Morgan fingerprint density at radius 1 is 1.12 bits per heavy atom. The lowest BCUT2D eigenvalue weighted by atomic mass is 10.0. The predicted molar refractivity (Wildman–Crippen MR) is 130 cm³/mol. The minimum atomic E-state index is -5.04. The Kier molecular flexibility index (Phi) is 7.46. The number of alkyl halides is 6. The zero-order valence-electron chi connectivity index (χ0n) is 21.0. The second kappa shape index (κ2) is 10.4. The second-order valence-electron chi connectivity index (χ2n) is 10.1. The van der Waals surface area contributed by atoms with E-state index in [9.17, 15) is 41.0 Å². The molecule has 3 aliphatic heterocycles. The maximum atomic E-state index is 14.2. The topological polar surface area (TPSA) is 117 Å². The third-order valence-electron chi connectivity index (χ3n) is 7.39. The van der Waals surface area contributed by atoms with Gasteiger partial charge in [-0.15, -0.1) is 11.3 Å². The second-order valence-corrected chi connectivity index (χ2v) is 11.1. The van der Waals surface area contributed by atoms with Crippen molar-refractivity contribution in [3.05, 3.63) is 28.5 Å². The Balaban J connectivity index is 1.56. The van der Waals surface area contributed by atoms with Gasteiger partial charge in [0.05, 0.1) is 35.8 Å². The third-order valence-corrected chi connectivity index (χ3v) is 8.48. The Bertz CT molecular complexity index is 1280. The number of anilines is 1. The molecular weight excluding hydrogens is 568 g/mol. The highest BCUT2D eigenvalue weighted by Gasteiger charge is 2.45. The number of hydrogen-bond donors (Lipinski definition) is 3. The van der Waals surface area contributed by atoms with Crippen molar-refractivity contribution in [3.8, 4) is 10.4 Å². The molecule has 3 atom stereocenters. The molecule has 2 aromatic rings. The fourth-order valence-corrected chi connectivity index (χ4v) is 6.26. The number of aliphatic hydroxyl groups excluding tert-OH is 1. The van der Waals surface area contributed by atoms with Crippen LogP contribution in [0.25, 0.3) is 10.4 Å². The summed E-state index contributed by atoms with van der Waals surface area (Å²) in [7, 11) is 0. The average molecular weight is 594 g/mol. The highest BCUT2D eigenvalue weighted by atomic mass is 32.1. The number of nitrogens with zero attached hydrogens (tertiary/aromatic N) is 3. The van der Waals surface area contributed by atoms with Gasteiger partial charge in [0.15, 0.2) is 5.01 Å². The van der Waals surface area contributed by atoms with Gasteiger partial charge in [0.25, 0.3) is 11.8 Å². The molecular formula is C24H25F6N5O4S. The van der Waals surface area contributed by atoms with Crippen LogP contribution in [0, 0.1) is 0 Å². The van der Waals surface area contributed by atoms with Crippen molar-refractivity contribution in [2.24, 2.45) is 0 Å². The highest BCUT2D eigenvalue weighted by molar-refractivity contribution is 7.17. The Labute approximate surface area is 227 Å². The van der Waals surface area contributed by atoms with Crippen LogP contribution in [0.4, 0.5) is 32.2 Å². The molecule has 0 spiro atoms. The van der Waals surface area contributed by atoms with Gasteiger partial charge in [-0.2, -0.15) is 26.3 Å². The summed E-state index contributed by atoms with van der Waals surface area (Å²) in [6.45, 7) is 0.745. The van der Waals surface area contributed by atoms with E-state index in [1.807, 2.05) is 5.32 Å². The number of hydrogen-bond acceptors (Lipinski definition) is 8. The molecule has 3 saturated heterocycles. The van der Waals surface area contributed by atoms with Crippen molar-refractivity contribution in [1.82, 2.24) is 20.2 Å². The predicted octanol–water partition coefficient (Wildman–Crippen LogP) is 3.84. The van der Waals surface area contributed by atoms with Crippen LogP contribution in [0.1, 0.15) is 58.5 Å². The van der Waals surface area contributed by atoms with Crippen LogP contribution in [-0.2, 0) is 10.9 Å². The fraction of sp³-hybridized carbons (Fsp3) is 0.583. The molecule has 5 heterocycles. The van der Waals surface area contributed by atoms with Gasteiger partial charge in [-0.1, -0.05) is 0 Å². The Morgan fingerprint density at radius 3 is 2.33 bits per heavy atom. The van der Waals surface area contributed by atoms with Crippen LogP contribution >= 0.6 is 11.3 Å². The van der Waals surface area contributed by atoms with E-state index in [2.05, 4.69) is 15.3 Å². The van der Waals surface area contributed by atoms with E-state index in [0.717, 1.165) is 38.8 Å². The number of pyridine rings is 1. The van der Waals surface area contributed by atoms with Crippen LogP contribution < -0.4 is 10.6 Å². The molecule has 2 aromatic heterocycles. The average Bonchev–Trinajstić information content (AvgIpc) is 3.67. The van der Waals surface area contributed by atoms with E-state index >= 15 is 0 Å². The molecule has 0 saturated carbocycles. The summed E-state index contributed by atoms with van der Waals surface area (Å²) >= 11 is 0.536. The van der Waals surface area contributed by atoms with Gasteiger partial charge in [0.2, 0.25) is 0 Å². The molecule has 9 nitrogen and oxygen atoms in total. The lowest BCUT2D eigenvalue weighted by Gasteiger charge is -2.22. The van der Waals surface area contributed by atoms with Crippen LogP contribution in [0.3, 0.4) is 0 Å². The summed E-state index contributed by atoms with van der Waals surface area (Å²) < 4.78 is 86.8. The molecule has 0 radical (unpaired) electrons. The molecule has 0 aromatic carbocycles. The van der Waals surface area contributed by atoms with Crippen molar-refractivity contribution in [2.45, 2.75) is 75.2 Å². The molecule has 2 bridgehead atoms. The number of carbonyl (C=O) groups excluding carboxylic acids is 2. The molecule has 5 rings (SSSR count). The first-order valence-electron chi connectivity index (χ1n) is 12.5. The minimum Gasteiger partial charge on any atom is -0.388 e. The van der Waals surface area contributed by atoms with Crippen LogP contribution in [-0.4, -0.2) is 81.5 Å². The molecule has 0 aliphatic carbocycles. The molecule has 2 amide bonds. The summed E-state index contributed by atoms with van der Waals surface area (Å²) in [4.78, 5) is 35.9. The first-order valence-corrected chi connectivity index (χ1v) is 13.4. The number of thiazole rings is 1. The number of amides is 2. The molecule has 40 heavy (non-hydrogen) atoms. The van der Waals surface area contributed by atoms with E-state index in [-0.39, 0.29) is 40.9 Å². The quantitative estimate of drug-likeness (QED) is 0.436. The molecule has 3 aliphatic rings. The van der Waals surface area contributed by atoms with E-state index in [1.54, 1.807) is 4.90 Å². The number of aromatic nitrogens is 2. The summed E-state index contributed by atoms with van der Waals surface area (Å²) in [5, 5.41) is 14.1. The fourth-order valence-electron chi connectivity index (χ4n) is 5.28. The van der Waals surface area contributed by atoms with Crippen LogP contribution in [0.15, 0.2) is 12.3 Å². The highest BCUT2D eigenvalue weighted by Crippen LogP contribution is 2.44. The number of halogens is 6. The van der Waals surface area contributed by atoms with Crippen molar-refractivity contribution in [1.29, 1.82) is 0 Å². The largest absolute Gasteiger partial charge is 0.417 e. The SMILES string of the molecule is C[C@H](Nc1cc(C(F)(F)F)c(-c2sc(C(=O)N[C@@H]3COC[C@@H]3O)nc2C(=O)N2C3CCC2CC3)cn1)C(F)(F)F. The standard InChI is InChI=1S/C24H25F6N5O4S/c1-10(23(25,26)27)32-17-6-14(24(28,29)30)13(7-31-17)19-18(22(38)35-11-2-3-12(35)5-4-11)34-21(40-19)20(37)33-15-8-39-9-16(15)36/h6-7,10-12,15-16,36H,2-5,8-9H2,1H3,(H,31,32)(H,33,37)/t10-,11?,12?,15+,16-/m0/s1. The smallest absolute Gasteiger partial charge is 0.388 e. The number of rotatable bonds is 6. The summed E-state index contributed by atoms with van der Waals surface area (Å²) in [5.74, 6) is -2.10. The van der Waals surface area contributed by atoms with Crippen LogP contribution in [0.2, 0.25) is 0 Å². The lowest BCUT2D eigenvalue weighted by Crippen LogP contribution is -2.42. The third kappa shape index (κ3) is 5.48. The van der Waals surface area contributed by atoms with E-state index in [4.69, 9.17) is 4.74 Å². The summed E-state index contributed by atoms with van der Waals surface area (Å²) in [5.41, 5.74) is -2.30. The number of ether oxygens (including phenoxy) is 1. The molecule has 218 valence electrons. The molecule has 0 unspecified atom stereocenters. The van der Waals surface area contributed by atoms with Crippen molar-refractivity contribution in [2.75, 3.05) is 18.5 Å². The summed E-state index contributed by atoms with van der Waals surface area (Å²) in [6, 6.07) is -2.70. The monoisotopic (exact) mass is 593 g/mol. The van der Waals surface area contributed by atoms with Gasteiger partial charge in [0.1, 0.15) is 17.6 Å². The molecule has 3 N–H and O–H groups in total. The van der Waals surface area contributed by atoms with Gasteiger partial charge in [-0.25, -0.2) is 9.97 Å². The first-order chi connectivity index (χ1) is 18.7. The van der Waals surface area contributed by atoms with E-state index < -0.39 is 59.3 Å². The first kappa shape index (κ1) is 28.5. The van der Waals surface area contributed by atoms with Gasteiger partial charge in [-0.05, 0) is 38.7 Å². The zero-order valence-corrected chi connectivity index (χ0v) is 21.8. The maximum absolute atomic E-state index is 14.2. The number of aliphatic hydroxyl groups is 1.